The fourth-order valence-corrected chi connectivity index (χ4v) is 4.69. The van der Waals surface area contributed by atoms with E-state index in [0.29, 0.717) is 29.2 Å². The van der Waals surface area contributed by atoms with Crippen LogP contribution < -0.4 is 19.6 Å². The molecule has 1 N–H and O–H groups in total. The molecule has 6 nitrogen and oxygen atoms in total. The lowest BCUT2D eigenvalue weighted by atomic mass is 9.85. The van der Waals surface area contributed by atoms with Crippen molar-refractivity contribution in [1.82, 2.24) is 10.4 Å². The Morgan fingerprint density at radius 2 is 1.64 bits per heavy atom. The predicted molar refractivity (Wildman–Crippen MR) is 131 cm³/mol. The minimum atomic E-state index is -0.292. The average molecular weight is 511 g/mol. The summed E-state index contributed by atoms with van der Waals surface area (Å²) in [5.41, 5.74) is 6.82. The number of methoxy groups -OCH3 is 3. The second-order valence-corrected chi connectivity index (χ2v) is 8.86. The van der Waals surface area contributed by atoms with Gasteiger partial charge in [0.2, 0.25) is 5.75 Å². The van der Waals surface area contributed by atoms with Gasteiger partial charge in [-0.15, -0.1) is 0 Å². The first kappa shape index (κ1) is 23.1. The van der Waals surface area contributed by atoms with Crippen molar-refractivity contribution < 1.29 is 19.0 Å². The van der Waals surface area contributed by atoms with Crippen LogP contribution in [0.4, 0.5) is 0 Å². The van der Waals surface area contributed by atoms with Crippen molar-refractivity contribution >= 4 is 21.8 Å². The number of nitrogens with zero attached hydrogens (tertiary/aromatic N) is 1. The van der Waals surface area contributed by atoms with E-state index >= 15 is 0 Å². The van der Waals surface area contributed by atoms with Gasteiger partial charge >= 0.3 is 0 Å². The Kier molecular flexibility index (Phi) is 6.91. The van der Waals surface area contributed by atoms with Gasteiger partial charge in [0.15, 0.2) is 11.5 Å². The first-order chi connectivity index (χ1) is 16.0. The number of fused-ring (bicyclic) bond motifs is 1. The summed E-state index contributed by atoms with van der Waals surface area (Å²) in [6, 6.07) is 19.1. The summed E-state index contributed by atoms with van der Waals surface area (Å²) in [5, 5.41) is 2.01. The molecule has 1 aliphatic heterocycles. The predicted octanol–water partition coefficient (Wildman–Crippen LogP) is 5.16. The summed E-state index contributed by atoms with van der Waals surface area (Å²) in [6.07, 6.45) is 0.703. The van der Waals surface area contributed by atoms with Gasteiger partial charge in [-0.3, -0.25) is 10.2 Å². The summed E-state index contributed by atoms with van der Waals surface area (Å²) in [7, 11) is 4.84. The molecule has 2 unspecified atom stereocenters. The zero-order valence-electron chi connectivity index (χ0n) is 19.1. The third-order valence-electron chi connectivity index (χ3n) is 5.95. The number of amides is 1. The molecular formula is C26H27BrN2O4. The van der Waals surface area contributed by atoms with E-state index in [2.05, 4.69) is 28.3 Å². The van der Waals surface area contributed by atoms with Crippen LogP contribution in [0.3, 0.4) is 0 Å². The van der Waals surface area contributed by atoms with Crippen LogP contribution in [0.2, 0.25) is 0 Å². The molecule has 3 aromatic carbocycles. The topological polar surface area (TPSA) is 60.0 Å². The highest BCUT2D eigenvalue weighted by molar-refractivity contribution is 9.10. The number of nitrogens with one attached hydrogen (secondary N) is 1. The van der Waals surface area contributed by atoms with Crippen LogP contribution in [0, 0.1) is 0 Å². The maximum Gasteiger partial charge on any atom is 0.265 e. The van der Waals surface area contributed by atoms with Crippen LogP contribution in [0.25, 0.3) is 0 Å². The lowest BCUT2D eigenvalue weighted by Gasteiger charge is -2.42. The number of benzene rings is 3. The Morgan fingerprint density at radius 1 is 0.970 bits per heavy atom. The number of hydrazine groups is 1. The highest BCUT2D eigenvalue weighted by Crippen LogP contribution is 2.50. The quantitative estimate of drug-likeness (QED) is 0.496. The van der Waals surface area contributed by atoms with Crippen LogP contribution in [0.1, 0.15) is 40.0 Å². The maximum absolute atomic E-state index is 13.1. The smallest absolute Gasteiger partial charge is 0.265 e. The van der Waals surface area contributed by atoms with E-state index < -0.39 is 0 Å². The first-order valence-corrected chi connectivity index (χ1v) is 11.5. The van der Waals surface area contributed by atoms with E-state index in [0.717, 1.165) is 21.2 Å². The summed E-state index contributed by atoms with van der Waals surface area (Å²) in [4.78, 5) is 13.1. The van der Waals surface area contributed by atoms with E-state index in [9.17, 15) is 4.79 Å². The molecule has 3 aromatic rings. The van der Waals surface area contributed by atoms with Crippen LogP contribution in [-0.2, 0) is 6.42 Å². The van der Waals surface area contributed by atoms with Crippen LogP contribution in [0.15, 0.2) is 65.1 Å². The Hall–Kier alpha value is -3.03. The normalized spacial score (nSPS) is 17.7. The van der Waals surface area contributed by atoms with Gasteiger partial charge in [-0.2, -0.15) is 0 Å². The number of carbonyl (C=O) groups is 1. The van der Waals surface area contributed by atoms with E-state index in [1.54, 1.807) is 33.5 Å². The van der Waals surface area contributed by atoms with E-state index in [4.69, 9.17) is 14.2 Å². The molecule has 0 radical (unpaired) electrons. The molecule has 1 heterocycles. The molecule has 1 amide bonds. The van der Waals surface area contributed by atoms with E-state index in [1.165, 1.54) is 0 Å². The lowest BCUT2D eigenvalue weighted by Crippen LogP contribution is -2.53. The molecule has 0 aliphatic carbocycles. The van der Waals surface area contributed by atoms with Gasteiger partial charge in [0.1, 0.15) is 0 Å². The highest BCUT2D eigenvalue weighted by atomic mass is 79.9. The molecule has 0 saturated carbocycles. The van der Waals surface area contributed by atoms with Crippen molar-refractivity contribution in [3.05, 3.63) is 87.4 Å². The Morgan fingerprint density at radius 3 is 2.24 bits per heavy atom. The molecule has 0 spiro atoms. The molecule has 2 atom stereocenters. The first-order valence-electron chi connectivity index (χ1n) is 10.7. The van der Waals surface area contributed by atoms with Crippen molar-refractivity contribution in [2.45, 2.75) is 25.4 Å². The van der Waals surface area contributed by atoms with Crippen molar-refractivity contribution in [3.8, 4) is 17.2 Å². The van der Waals surface area contributed by atoms with Crippen molar-refractivity contribution in [2.75, 3.05) is 21.3 Å². The van der Waals surface area contributed by atoms with Crippen LogP contribution >= 0.6 is 15.9 Å². The third kappa shape index (κ3) is 4.43. The van der Waals surface area contributed by atoms with Gasteiger partial charge in [0.25, 0.3) is 5.91 Å². The van der Waals surface area contributed by atoms with Crippen molar-refractivity contribution in [3.63, 3.8) is 0 Å². The number of carbonyl (C=O) groups excluding carboxylic acids is 1. The zero-order chi connectivity index (χ0) is 23.5. The van der Waals surface area contributed by atoms with E-state index in [1.807, 2.05) is 53.5 Å². The van der Waals surface area contributed by atoms with Gasteiger partial charge in [-0.25, -0.2) is 5.01 Å². The minimum Gasteiger partial charge on any atom is -0.493 e. The number of hydrogen-bond donors (Lipinski definition) is 1. The molecule has 7 heteroatoms. The molecule has 4 rings (SSSR count). The molecule has 0 bridgehead atoms. The molecular weight excluding hydrogens is 484 g/mol. The largest absolute Gasteiger partial charge is 0.493 e. The van der Waals surface area contributed by atoms with Gasteiger partial charge in [0.05, 0.1) is 27.4 Å². The second kappa shape index (κ2) is 9.85. The fourth-order valence-electron chi connectivity index (χ4n) is 4.43. The summed E-state index contributed by atoms with van der Waals surface area (Å²) in [5.74, 6) is 1.60. The van der Waals surface area contributed by atoms with Gasteiger partial charge in [-0.1, -0.05) is 46.3 Å². The average Bonchev–Trinajstić information content (AvgIpc) is 2.84. The van der Waals surface area contributed by atoms with Gasteiger partial charge in [0, 0.05) is 21.6 Å². The van der Waals surface area contributed by atoms with Crippen molar-refractivity contribution in [1.29, 1.82) is 0 Å². The summed E-state index contributed by atoms with van der Waals surface area (Å²) < 4.78 is 18.1. The van der Waals surface area contributed by atoms with Gasteiger partial charge in [-0.05, 0) is 54.8 Å². The zero-order valence-corrected chi connectivity index (χ0v) is 20.7. The second-order valence-electron chi connectivity index (χ2n) is 7.94. The van der Waals surface area contributed by atoms with Crippen LogP contribution in [0.5, 0.6) is 17.2 Å². The Balaban J connectivity index is 1.88. The van der Waals surface area contributed by atoms with Crippen LogP contribution in [-0.4, -0.2) is 38.3 Å². The number of ether oxygens (including phenoxy) is 3. The minimum absolute atomic E-state index is 0.0154. The Labute approximate surface area is 202 Å². The Bertz CT molecular complexity index is 1140. The SMILES string of the molecule is COc1cc2c(c(OC)c1OC)C(c1ccc(Br)cc1)N(NC(=O)c1ccccc1)C(C)C2. The summed E-state index contributed by atoms with van der Waals surface area (Å²) >= 11 is 3.52. The number of hydrogen-bond acceptors (Lipinski definition) is 5. The third-order valence-corrected chi connectivity index (χ3v) is 6.48. The number of halogens is 1. The number of rotatable bonds is 6. The molecule has 0 saturated heterocycles. The fraction of sp³-hybridized carbons (Fsp3) is 0.269. The van der Waals surface area contributed by atoms with E-state index in [-0.39, 0.29) is 18.0 Å². The highest BCUT2D eigenvalue weighted by Gasteiger charge is 2.39. The lowest BCUT2D eigenvalue weighted by molar-refractivity contribution is 0.0544. The maximum atomic E-state index is 13.1. The molecule has 1 aliphatic rings. The summed E-state index contributed by atoms with van der Waals surface area (Å²) in [6.45, 7) is 2.10. The standard InChI is InChI=1S/C26H27BrN2O4/c1-16-14-19-15-21(31-2)24(32-3)25(33-4)22(19)23(17-10-12-20(27)13-11-17)29(16)28-26(30)18-8-6-5-7-9-18/h5-13,15-16,23H,14H2,1-4H3,(H,28,30). The molecule has 172 valence electrons. The van der Waals surface area contributed by atoms with Gasteiger partial charge < -0.3 is 14.2 Å². The molecule has 0 fully saturated rings. The monoisotopic (exact) mass is 510 g/mol. The molecule has 0 aromatic heterocycles. The molecule has 33 heavy (non-hydrogen) atoms. The van der Waals surface area contributed by atoms with Crippen molar-refractivity contribution in [2.24, 2.45) is 0 Å².